The summed E-state index contributed by atoms with van der Waals surface area (Å²) >= 11 is 1.77. The summed E-state index contributed by atoms with van der Waals surface area (Å²) in [5, 5.41) is 3.25. The SMILES string of the molecule is Cc1cc(Nc2ccc(F)cc2)nc(N2CCN(Sc3ccc(OCCN4CCOCC4)cc3)CC2)n1. The first-order valence-electron chi connectivity index (χ1n) is 12.7. The molecule has 0 bridgehead atoms. The van der Waals surface area contributed by atoms with Crippen LogP contribution in [0.2, 0.25) is 0 Å². The molecule has 0 amide bonds. The Labute approximate surface area is 221 Å². The molecule has 0 spiro atoms. The van der Waals surface area contributed by atoms with Crippen LogP contribution in [0, 0.1) is 12.7 Å². The van der Waals surface area contributed by atoms with Crippen LogP contribution in [-0.4, -0.2) is 84.8 Å². The summed E-state index contributed by atoms with van der Waals surface area (Å²) in [7, 11) is 0. The lowest BCUT2D eigenvalue weighted by atomic mass is 10.3. The van der Waals surface area contributed by atoms with Gasteiger partial charge in [0.05, 0.1) is 13.2 Å². The van der Waals surface area contributed by atoms with Crippen molar-refractivity contribution in [3.63, 3.8) is 0 Å². The monoisotopic (exact) mass is 524 g/mol. The summed E-state index contributed by atoms with van der Waals surface area (Å²) in [5.74, 6) is 2.07. The van der Waals surface area contributed by atoms with Crippen molar-refractivity contribution in [2.24, 2.45) is 0 Å². The van der Waals surface area contributed by atoms with Gasteiger partial charge in [0, 0.05) is 68.2 Å². The summed E-state index contributed by atoms with van der Waals surface area (Å²) in [6.07, 6.45) is 0. The lowest BCUT2D eigenvalue weighted by molar-refractivity contribution is 0.0322. The largest absolute Gasteiger partial charge is 0.492 e. The number of halogens is 1. The van der Waals surface area contributed by atoms with Gasteiger partial charge in [-0.3, -0.25) is 4.90 Å². The average Bonchev–Trinajstić information content (AvgIpc) is 2.92. The van der Waals surface area contributed by atoms with Gasteiger partial charge >= 0.3 is 0 Å². The first-order chi connectivity index (χ1) is 18.1. The molecule has 2 fully saturated rings. The van der Waals surface area contributed by atoms with Crippen molar-refractivity contribution in [2.75, 3.05) is 75.9 Å². The van der Waals surface area contributed by atoms with Crippen LogP contribution in [0.4, 0.5) is 21.8 Å². The van der Waals surface area contributed by atoms with Crippen molar-refractivity contribution < 1.29 is 13.9 Å². The Hall–Kier alpha value is -2.92. The zero-order chi connectivity index (χ0) is 25.5. The normalized spacial score (nSPS) is 17.1. The van der Waals surface area contributed by atoms with Crippen LogP contribution >= 0.6 is 11.9 Å². The van der Waals surface area contributed by atoms with E-state index in [1.165, 1.54) is 17.0 Å². The number of aromatic nitrogens is 2. The van der Waals surface area contributed by atoms with Crippen LogP contribution < -0.4 is 15.0 Å². The Bertz CT molecular complexity index is 1140. The van der Waals surface area contributed by atoms with E-state index in [0.717, 1.165) is 76.2 Å². The maximum absolute atomic E-state index is 13.2. The highest BCUT2D eigenvalue weighted by atomic mass is 32.2. The number of morpholine rings is 1. The van der Waals surface area contributed by atoms with E-state index in [2.05, 4.69) is 36.5 Å². The van der Waals surface area contributed by atoms with Crippen molar-refractivity contribution in [1.82, 2.24) is 19.2 Å². The molecular weight excluding hydrogens is 491 g/mol. The highest BCUT2D eigenvalue weighted by molar-refractivity contribution is 7.97. The molecular formula is C27H33FN6O2S. The van der Waals surface area contributed by atoms with Gasteiger partial charge in [0.1, 0.15) is 24.0 Å². The molecule has 0 unspecified atom stereocenters. The van der Waals surface area contributed by atoms with Gasteiger partial charge in [-0.15, -0.1) is 0 Å². The van der Waals surface area contributed by atoms with Gasteiger partial charge in [0.25, 0.3) is 0 Å². The molecule has 2 aliphatic rings. The van der Waals surface area contributed by atoms with Gasteiger partial charge in [-0.1, -0.05) is 0 Å². The van der Waals surface area contributed by atoms with Crippen molar-refractivity contribution in [3.8, 4) is 5.75 Å². The van der Waals surface area contributed by atoms with Crippen molar-refractivity contribution in [3.05, 3.63) is 66.1 Å². The maximum atomic E-state index is 13.2. The molecule has 10 heteroatoms. The predicted molar refractivity (Wildman–Crippen MR) is 145 cm³/mol. The molecule has 0 atom stereocenters. The summed E-state index contributed by atoms with van der Waals surface area (Å²) in [5.41, 5.74) is 1.68. The standard InChI is InChI=1S/C27H33FN6O2S/c1-21-20-26(30-23-4-2-22(28)3-5-23)31-27(29-21)33-10-12-34(13-11-33)37-25-8-6-24(7-9-25)36-19-16-32-14-17-35-18-15-32/h2-9,20H,10-19H2,1H3,(H,29,30,31). The number of hydrogen-bond donors (Lipinski definition) is 1. The van der Waals surface area contributed by atoms with Gasteiger partial charge in [-0.25, -0.2) is 13.7 Å². The number of nitrogens with one attached hydrogen (secondary N) is 1. The smallest absolute Gasteiger partial charge is 0.227 e. The molecule has 3 heterocycles. The van der Waals surface area contributed by atoms with E-state index in [1.54, 1.807) is 24.1 Å². The minimum Gasteiger partial charge on any atom is -0.492 e. The number of piperazine rings is 1. The maximum Gasteiger partial charge on any atom is 0.227 e. The fourth-order valence-corrected chi connectivity index (χ4v) is 5.18. The Morgan fingerprint density at radius 3 is 2.41 bits per heavy atom. The van der Waals surface area contributed by atoms with E-state index < -0.39 is 0 Å². The zero-order valence-corrected chi connectivity index (χ0v) is 21.9. The van der Waals surface area contributed by atoms with E-state index in [-0.39, 0.29) is 5.82 Å². The fraction of sp³-hybridized carbons (Fsp3) is 0.407. The summed E-state index contributed by atoms with van der Waals surface area (Å²) in [6, 6.07) is 16.5. The van der Waals surface area contributed by atoms with Crippen molar-refractivity contribution in [2.45, 2.75) is 11.8 Å². The van der Waals surface area contributed by atoms with Crippen LogP contribution in [0.3, 0.4) is 0 Å². The molecule has 1 aromatic heterocycles. The van der Waals surface area contributed by atoms with Crippen LogP contribution in [0.25, 0.3) is 0 Å². The molecule has 8 nitrogen and oxygen atoms in total. The lowest BCUT2D eigenvalue weighted by Gasteiger charge is -2.34. The second-order valence-corrected chi connectivity index (χ2v) is 10.3. The molecule has 2 saturated heterocycles. The fourth-order valence-electron chi connectivity index (χ4n) is 4.28. The van der Waals surface area contributed by atoms with Gasteiger partial charge in [-0.2, -0.15) is 4.98 Å². The third-order valence-electron chi connectivity index (χ3n) is 6.32. The lowest BCUT2D eigenvalue weighted by Crippen LogP contribution is -2.44. The number of hydrogen-bond acceptors (Lipinski definition) is 9. The number of ether oxygens (including phenoxy) is 2. The van der Waals surface area contributed by atoms with Crippen LogP contribution in [0.1, 0.15) is 5.69 Å². The van der Waals surface area contributed by atoms with E-state index in [1.807, 2.05) is 25.1 Å². The van der Waals surface area contributed by atoms with Crippen LogP contribution in [-0.2, 0) is 4.74 Å². The summed E-state index contributed by atoms with van der Waals surface area (Å²) in [4.78, 5) is 15.1. The Morgan fingerprint density at radius 2 is 1.68 bits per heavy atom. The third-order valence-corrected chi connectivity index (χ3v) is 7.43. The molecule has 2 aromatic carbocycles. The van der Waals surface area contributed by atoms with Gasteiger partial charge in [0.15, 0.2) is 0 Å². The number of benzene rings is 2. The van der Waals surface area contributed by atoms with E-state index in [4.69, 9.17) is 14.5 Å². The Morgan fingerprint density at radius 1 is 0.946 bits per heavy atom. The molecule has 3 aromatic rings. The highest BCUT2D eigenvalue weighted by Crippen LogP contribution is 2.27. The van der Waals surface area contributed by atoms with Crippen LogP contribution in [0.15, 0.2) is 59.5 Å². The Kier molecular flexibility index (Phi) is 8.72. The first-order valence-corrected chi connectivity index (χ1v) is 13.5. The number of nitrogens with zero attached hydrogens (tertiary/aromatic N) is 5. The predicted octanol–water partition coefficient (Wildman–Crippen LogP) is 4.21. The molecule has 0 aliphatic carbocycles. The summed E-state index contributed by atoms with van der Waals surface area (Å²) in [6.45, 7) is 10.7. The molecule has 0 radical (unpaired) electrons. The zero-order valence-electron chi connectivity index (χ0n) is 21.1. The van der Waals surface area contributed by atoms with E-state index >= 15 is 0 Å². The van der Waals surface area contributed by atoms with Gasteiger partial charge in [0.2, 0.25) is 5.95 Å². The molecule has 0 saturated carbocycles. The third kappa shape index (κ3) is 7.54. The number of rotatable bonds is 9. The second-order valence-electron chi connectivity index (χ2n) is 9.11. The molecule has 2 aliphatic heterocycles. The minimum absolute atomic E-state index is 0.260. The topological polar surface area (TPSA) is 66.0 Å². The quantitative estimate of drug-likeness (QED) is 0.415. The molecule has 196 valence electrons. The number of aryl methyl sites for hydroxylation is 1. The van der Waals surface area contributed by atoms with Crippen LogP contribution in [0.5, 0.6) is 5.75 Å². The highest BCUT2D eigenvalue weighted by Gasteiger charge is 2.21. The van der Waals surface area contributed by atoms with Gasteiger partial charge < -0.3 is 19.7 Å². The molecule has 37 heavy (non-hydrogen) atoms. The minimum atomic E-state index is -0.260. The average molecular weight is 525 g/mol. The van der Waals surface area contributed by atoms with E-state index in [0.29, 0.717) is 18.4 Å². The first kappa shape index (κ1) is 25.7. The van der Waals surface area contributed by atoms with E-state index in [9.17, 15) is 4.39 Å². The van der Waals surface area contributed by atoms with Crippen molar-refractivity contribution >= 4 is 29.4 Å². The van der Waals surface area contributed by atoms with Crippen molar-refractivity contribution in [1.29, 1.82) is 0 Å². The summed E-state index contributed by atoms with van der Waals surface area (Å²) < 4.78 is 26.9. The Balaban J connectivity index is 1.09. The second kappa shape index (κ2) is 12.6. The molecule has 5 rings (SSSR count). The number of anilines is 3. The molecule has 1 N–H and O–H groups in total. The van der Waals surface area contributed by atoms with Gasteiger partial charge in [-0.05, 0) is 67.4 Å².